The van der Waals surface area contributed by atoms with E-state index in [1.54, 1.807) is 11.8 Å². The smallest absolute Gasteiger partial charge is 0.0646 e. The van der Waals surface area contributed by atoms with E-state index >= 15 is 0 Å². The first-order chi connectivity index (χ1) is 9.65. The Hall–Kier alpha value is -1.46. The number of aliphatic hydroxyl groups is 1. The van der Waals surface area contributed by atoms with E-state index in [0.717, 1.165) is 23.6 Å². The zero-order valence-electron chi connectivity index (χ0n) is 12.2. The minimum absolute atomic E-state index is 0.116. The third kappa shape index (κ3) is 3.35. The third-order valence-electron chi connectivity index (χ3n) is 3.40. The van der Waals surface area contributed by atoms with Gasteiger partial charge in [0.05, 0.1) is 18.8 Å². The number of anilines is 1. The Morgan fingerprint density at radius 1 is 1.25 bits per heavy atom. The number of hydrogen-bond acceptors (Lipinski definition) is 4. The van der Waals surface area contributed by atoms with Crippen molar-refractivity contribution in [1.82, 2.24) is 9.78 Å². The number of aryl methyl sites for hydroxylation is 1. The normalized spacial score (nSPS) is 10.8. The summed E-state index contributed by atoms with van der Waals surface area (Å²) in [5.41, 5.74) is 4.44. The summed E-state index contributed by atoms with van der Waals surface area (Å²) < 4.78 is 1.86. The van der Waals surface area contributed by atoms with Crippen molar-refractivity contribution < 1.29 is 5.11 Å². The fourth-order valence-corrected chi connectivity index (χ4v) is 2.61. The van der Waals surface area contributed by atoms with Gasteiger partial charge in [0.2, 0.25) is 0 Å². The number of aromatic nitrogens is 2. The van der Waals surface area contributed by atoms with E-state index in [1.807, 2.05) is 18.5 Å². The highest BCUT2D eigenvalue weighted by Gasteiger charge is 2.10. The van der Waals surface area contributed by atoms with Crippen molar-refractivity contribution in [3.63, 3.8) is 0 Å². The summed E-state index contributed by atoms with van der Waals surface area (Å²) in [7, 11) is 0. The van der Waals surface area contributed by atoms with Crippen molar-refractivity contribution in [2.24, 2.45) is 0 Å². The minimum atomic E-state index is 0.116. The predicted molar refractivity (Wildman–Crippen MR) is 84.3 cm³/mol. The van der Waals surface area contributed by atoms with E-state index in [4.69, 9.17) is 5.11 Å². The molecule has 0 saturated carbocycles. The van der Waals surface area contributed by atoms with Crippen LogP contribution in [0.2, 0.25) is 0 Å². The maximum Gasteiger partial charge on any atom is 0.0646 e. The molecule has 0 amide bonds. The summed E-state index contributed by atoms with van der Waals surface area (Å²) in [6.07, 6.45) is 2.07. The van der Waals surface area contributed by atoms with Crippen molar-refractivity contribution in [3.05, 3.63) is 41.2 Å². The third-order valence-corrected chi connectivity index (χ3v) is 4.15. The lowest BCUT2D eigenvalue weighted by Crippen LogP contribution is -2.07. The van der Waals surface area contributed by atoms with Crippen LogP contribution >= 0.6 is 11.8 Å². The van der Waals surface area contributed by atoms with Crippen LogP contribution in [-0.2, 0) is 13.1 Å². The largest absolute Gasteiger partial charge is 0.394 e. The number of nitrogens with zero attached hydrogens (tertiary/aromatic N) is 2. The van der Waals surface area contributed by atoms with Crippen LogP contribution in [0.1, 0.15) is 17.0 Å². The number of thioether (sulfide) groups is 1. The molecule has 0 unspecified atom stereocenters. The number of rotatable bonds is 6. The Morgan fingerprint density at radius 2 is 1.95 bits per heavy atom. The lowest BCUT2D eigenvalue weighted by molar-refractivity contribution is 0.268. The Morgan fingerprint density at radius 3 is 2.55 bits per heavy atom. The molecule has 2 aromatic rings. The average Bonchev–Trinajstić information content (AvgIpc) is 2.72. The number of nitrogens with one attached hydrogen (secondary N) is 1. The Labute approximate surface area is 124 Å². The molecule has 0 aliphatic carbocycles. The quantitative estimate of drug-likeness (QED) is 0.804. The average molecular weight is 291 g/mol. The number of aliphatic hydroxyl groups excluding tert-OH is 1. The van der Waals surface area contributed by atoms with Gasteiger partial charge in [0.1, 0.15) is 0 Å². The van der Waals surface area contributed by atoms with Gasteiger partial charge >= 0.3 is 0 Å². The van der Waals surface area contributed by atoms with Gasteiger partial charge in [-0.15, -0.1) is 11.8 Å². The van der Waals surface area contributed by atoms with Crippen LogP contribution in [0.25, 0.3) is 0 Å². The topological polar surface area (TPSA) is 50.1 Å². The second kappa shape index (κ2) is 6.81. The van der Waals surface area contributed by atoms with Crippen LogP contribution in [0.4, 0.5) is 5.69 Å². The molecule has 0 atom stereocenters. The first-order valence-electron chi connectivity index (χ1n) is 6.67. The summed E-state index contributed by atoms with van der Waals surface area (Å²) >= 11 is 1.74. The lowest BCUT2D eigenvalue weighted by Gasteiger charge is -2.08. The molecule has 0 aliphatic rings. The summed E-state index contributed by atoms with van der Waals surface area (Å²) in [5.74, 6) is 0. The molecular formula is C15H21N3OS. The van der Waals surface area contributed by atoms with Gasteiger partial charge in [0, 0.05) is 28.4 Å². The molecule has 1 heterocycles. The van der Waals surface area contributed by atoms with Crippen molar-refractivity contribution in [3.8, 4) is 0 Å². The summed E-state index contributed by atoms with van der Waals surface area (Å²) in [5, 5.41) is 16.9. The van der Waals surface area contributed by atoms with Gasteiger partial charge < -0.3 is 10.4 Å². The highest BCUT2D eigenvalue weighted by molar-refractivity contribution is 7.98. The highest BCUT2D eigenvalue weighted by atomic mass is 32.2. The first-order valence-corrected chi connectivity index (χ1v) is 7.90. The SMILES string of the molecule is CSc1ccc(NCc2c(C)nn(CCO)c2C)cc1. The molecule has 0 spiro atoms. The molecule has 5 heteroatoms. The molecule has 0 radical (unpaired) electrons. The predicted octanol–water partition coefficient (Wildman–Crippen LogP) is 2.83. The summed E-state index contributed by atoms with van der Waals surface area (Å²) in [6, 6.07) is 8.41. The molecule has 0 fully saturated rings. The van der Waals surface area contributed by atoms with Crippen LogP contribution < -0.4 is 5.32 Å². The second-order valence-corrected chi connectivity index (χ2v) is 5.56. The van der Waals surface area contributed by atoms with E-state index in [1.165, 1.54) is 10.5 Å². The minimum Gasteiger partial charge on any atom is -0.394 e. The molecule has 0 bridgehead atoms. The van der Waals surface area contributed by atoms with Crippen molar-refractivity contribution in [2.45, 2.75) is 31.8 Å². The standard InChI is InChI=1S/C15H21N3OS/c1-11-15(12(2)18(17-11)8-9-19)10-16-13-4-6-14(20-3)7-5-13/h4-7,16,19H,8-10H2,1-3H3. The van der Waals surface area contributed by atoms with Crippen molar-refractivity contribution >= 4 is 17.4 Å². The molecule has 1 aromatic carbocycles. The molecule has 0 saturated heterocycles. The van der Waals surface area contributed by atoms with Crippen molar-refractivity contribution in [2.75, 3.05) is 18.2 Å². The van der Waals surface area contributed by atoms with Crippen molar-refractivity contribution in [1.29, 1.82) is 0 Å². The van der Waals surface area contributed by atoms with Crippen LogP contribution in [0.3, 0.4) is 0 Å². The van der Waals surface area contributed by atoms with Crippen LogP contribution in [0.15, 0.2) is 29.2 Å². The Balaban J connectivity index is 2.06. The van der Waals surface area contributed by atoms with E-state index in [0.29, 0.717) is 6.54 Å². The first kappa shape index (κ1) is 14.9. The molecule has 0 aliphatic heterocycles. The van der Waals surface area contributed by atoms with Crippen LogP contribution in [0, 0.1) is 13.8 Å². The van der Waals surface area contributed by atoms with Gasteiger partial charge in [-0.05, 0) is 44.4 Å². The zero-order valence-corrected chi connectivity index (χ0v) is 13.0. The molecule has 2 rings (SSSR count). The van der Waals surface area contributed by atoms with Gasteiger partial charge in [-0.25, -0.2) is 0 Å². The van der Waals surface area contributed by atoms with Gasteiger partial charge in [0.25, 0.3) is 0 Å². The van der Waals surface area contributed by atoms with E-state index in [9.17, 15) is 0 Å². The van der Waals surface area contributed by atoms with Crippen LogP contribution in [0.5, 0.6) is 0 Å². The van der Waals surface area contributed by atoms with E-state index in [-0.39, 0.29) is 6.61 Å². The van der Waals surface area contributed by atoms with Gasteiger partial charge in [-0.1, -0.05) is 0 Å². The molecule has 2 N–H and O–H groups in total. The second-order valence-electron chi connectivity index (χ2n) is 4.68. The molecule has 1 aromatic heterocycles. The maximum absolute atomic E-state index is 9.02. The molecule has 20 heavy (non-hydrogen) atoms. The summed E-state index contributed by atoms with van der Waals surface area (Å²) in [6.45, 7) is 5.47. The molecular weight excluding hydrogens is 270 g/mol. The molecule has 108 valence electrons. The number of benzene rings is 1. The van der Waals surface area contributed by atoms with Gasteiger partial charge in [-0.3, -0.25) is 4.68 Å². The monoisotopic (exact) mass is 291 g/mol. The van der Waals surface area contributed by atoms with E-state index < -0.39 is 0 Å². The van der Waals surface area contributed by atoms with Crippen LogP contribution in [-0.4, -0.2) is 27.7 Å². The fourth-order valence-electron chi connectivity index (χ4n) is 2.20. The Bertz CT molecular complexity index is 563. The van der Waals surface area contributed by atoms with E-state index in [2.05, 4.69) is 40.9 Å². The fraction of sp³-hybridized carbons (Fsp3) is 0.400. The van der Waals surface area contributed by atoms with Gasteiger partial charge in [0.15, 0.2) is 0 Å². The maximum atomic E-state index is 9.02. The molecule has 4 nitrogen and oxygen atoms in total. The number of hydrogen-bond donors (Lipinski definition) is 2. The highest BCUT2D eigenvalue weighted by Crippen LogP contribution is 2.19. The summed E-state index contributed by atoms with van der Waals surface area (Å²) in [4.78, 5) is 1.26. The lowest BCUT2D eigenvalue weighted by atomic mass is 10.2. The Kier molecular flexibility index (Phi) is 5.09. The van der Waals surface area contributed by atoms with Gasteiger partial charge in [-0.2, -0.15) is 5.10 Å². The zero-order chi connectivity index (χ0) is 14.5.